The molecule has 1 atom stereocenters. The van der Waals surface area contributed by atoms with Gasteiger partial charge < -0.3 is 18.9 Å². The third kappa shape index (κ3) is 2.16. The largest absolute Gasteiger partial charge is 0.495 e. The lowest BCUT2D eigenvalue weighted by Gasteiger charge is -2.38. The van der Waals surface area contributed by atoms with Crippen LogP contribution in [0.25, 0.3) is 0 Å². The summed E-state index contributed by atoms with van der Waals surface area (Å²) in [6, 6.07) is 6.16. The van der Waals surface area contributed by atoms with Crippen molar-refractivity contribution >= 4 is 29.3 Å². The van der Waals surface area contributed by atoms with Gasteiger partial charge in [-0.15, -0.1) is 0 Å². The number of fused-ring (bicyclic) bond motifs is 1. The maximum absolute atomic E-state index is 12.7. The molecule has 1 aliphatic carbocycles. The van der Waals surface area contributed by atoms with Crippen LogP contribution in [0.1, 0.15) is 10.4 Å². The van der Waals surface area contributed by atoms with E-state index in [9.17, 15) is 14.4 Å². The molecule has 0 bridgehead atoms. The smallest absolute Gasteiger partial charge is 0.354 e. The van der Waals surface area contributed by atoms with Gasteiger partial charge in [-0.05, 0) is 12.1 Å². The molecule has 24 heavy (non-hydrogen) atoms. The molecule has 1 unspecified atom stereocenters. The summed E-state index contributed by atoms with van der Waals surface area (Å²) in [5.74, 6) is -5.02. The first-order valence-corrected chi connectivity index (χ1v) is 7.13. The van der Waals surface area contributed by atoms with Crippen molar-refractivity contribution in [1.29, 1.82) is 0 Å². The van der Waals surface area contributed by atoms with Crippen LogP contribution in [0, 0.1) is 0 Å². The van der Waals surface area contributed by atoms with E-state index in [0.29, 0.717) is 0 Å². The van der Waals surface area contributed by atoms with E-state index in [1.54, 1.807) is 12.1 Å². The van der Waals surface area contributed by atoms with Gasteiger partial charge in [0.1, 0.15) is 27.7 Å². The molecule has 124 valence electrons. The third-order valence-electron chi connectivity index (χ3n) is 3.57. The maximum atomic E-state index is 12.7. The van der Waals surface area contributed by atoms with Crippen LogP contribution >= 0.6 is 11.6 Å². The predicted octanol–water partition coefficient (Wildman–Crippen LogP) is 1.71. The molecule has 0 radical (unpaired) electrons. The van der Waals surface area contributed by atoms with Gasteiger partial charge in [0.25, 0.3) is 5.78 Å². The van der Waals surface area contributed by atoms with Crippen LogP contribution < -0.4 is 4.74 Å². The number of hydrogen-bond acceptors (Lipinski definition) is 7. The molecule has 0 fully saturated rings. The molecule has 0 aromatic heterocycles. The van der Waals surface area contributed by atoms with Crippen LogP contribution in [-0.2, 0) is 23.8 Å². The monoisotopic (exact) mass is 350 g/mol. The molecule has 1 aromatic carbocycles. The first kappa shape index (κ1) is 16.1. The summed E-state index contributed by atoms with van der Waals surface area (Å²) in [4.78, 5) is 37.2. The topological polar surface area (TPSA) is 88.1 Å². The lowest BCUT2D eigenvalue weighted by Crippen LogP contribution is -2.56. The zero-order chi connectivity index (χ0) is 17.5. The molecule has 3 rings (SSSR count). The Labute approximate surface area is 141 Å². The fourth-order valence-electron chi connectivity index (χ4n) is 2.41. The van der Waals surface area contributed by atoms with E-state index >= 15 is 0 Å². The number of para-hydroxylation sites is 1. The molecule has 1 spiro atoms. The number of methoxy groups -OCH3 is 2. The number of benzene rings is 1. The SMILES string of the molecule is COC(=O)C1=CC(OC)=C(Cl)C(=O)C12OC(=O)c1ccccc1O2. The highest BCUT2D eigenvalue weighted by Gasteiger charge is 2.58. The Morgan fingerprint density at radius 1 is 1.17 bits per heavy atom. The molecule has 8 heteroatoms. The zero-order valence-electron chi connectivity index (χ0n) is 12.6. The normalized spacial score (nSPS) is 22.4. The van der Waals surface area contributed by atoms with Gasteiger partial charge in [0, 0.05) is 6.08 Å². The first-order valence-electron chi connectivity index (χ1n) is 6.75. The number of ether oxygens (including phenoxy) is 4. The van der Waals surface area contributed by atoms with E-state index in [4.69, 9.17) is 25.8 Å². The number of esters is 2. The van der Waals surface area contributed by atoms with Crippen LogP contribution in [-0.4, -0.2) is 37.7 Å². The summed E-state index contributed by atoms with van der Waals surface area (Å²) in [7, 11) is 2.39. The van der Waals surface area contributed by atoms with Gasteiger partial charge in [0.05, 0.1) is 14.2 Å². The molecule has 1 aromatic rings. The second-order valence-electron chi connectivity index (χ2n) is 4.87. The molecule has 0 saturated carbocycles. The lowest BCUT2D eigenvalue weighted by atomic mass is 9.93. The Bertz CT molecular complexity index is 823. The van der Waals surface area contributed by atoms with E-state index in [-0.39, 0.29) is 27.7 Å². The minimum absolute atomic E-state index is 0.0637. The van der Waals surface area contributed by atoms with E-state index in [2.05, 4.69) is 4.74 Å². The Hall–Kier alpha value is -2.80. The highest BCUT2D eigenvalue weighted by molar-refractivity contribution is 6.45. The Morgan fingerprint density at radius 3 is 2.54 bits per heavy atom. The Balaban J connectivity index is 2.20. The minimum Gasteiger partial charge on any atom is -0.495 e. The predicted molar refractivity (Wildman–Crippen MR) is 80.2 cm³/mol. The molecular weight excluding hydrogens is 340 g/mol. The summed E-state index contributed by atoms with van der Waals surface area (Å²) in [6.07, 6.45) is 1.15. The fourth-order valence-corrected chi connectivity index (χ4v) is 2.66. The summed E-state index contributed by atoms with van der Waals surface area (Å²) in [6.45, 7) is 0. The Kier molecular flexibility index (Phi) is 3.81. The molecule has 1 aliphatic heterocycles. The van der Waals surface area contributed by atoms with Crippen LogP contribution in [0.3, 0.4) is 0 Å². The van der Waals surface area contributed by atoms with Crippen molar-refractivity contribution in [3.63, 3.8) is 0 Å². The van der Waals surface area contributed by atoms with E-state index in [1.807, 2.05) is 0 Å². The lowest BCUT2D eigenvalue weighted by molar-refractivity contribution is -0.169. The zero-order valence-corrected chi connectivity index (χ0v) is 13.4. The number of rotatable bonds is 2. The van der Waals surface area contributed by atoms with Crippen LogP contribution in [0.4, 0.5) is 0 Å². The van der Waals surface area contributed by atoms with Gasteiger partial charge in [-0.3, -0.25) is 4.79 Å². The molecule has 7 nitrogen and oxygen atoms in total. The van der Waals surface area contributed by atoms with Crippen LogP contribution in [0.2, 0.25) is 0 Å². The molecule has 0 amide bonds. The summed E-state index contributed by atoms with van der Waals surface area (Å²) < 4.78 is 20.4. The second-order valence-corrected chi connectivity index (χ2v) is 5.24. The minimum atomic E-state index is -2.35. The number of ketones is 1. The number of Topliss-reactive ketones (excluding diaryl/α,β-unsaturated/α-hetero) is 1. The molecule has 2 aliphatic rings. The van der Waals surface area contributed by atoms with E-state index < -0.39 is 23.5 Å². The molecule has 0 N–H and O–H groups in total. The fraction of sp³-hybridized carbons (Fsp3) is 0.188. The highest BCUT2D eigenvalue weighted by Crippen LogP contribution is 2.42. The van der Waals surface area contributed by atoms with Gasteiger partial charge in [-0.1, -0.05) is 23.7 Å². The van der Waals surface area contributed by atoms with Crippen LogP contribution in [0.5, 0.6) is 5.75 Å². The van der Waals surface area contributed by atoms with Crippen LogP contribution in [0.15, 0.2) is 46.7 Å². The van der Waals surface area contributed by atoms with Gasteiger partial charge in [-0.25, -0.2) is 9.59 Å². The number of hydrogen-bond donors (Lipinski definition) is 0. The molecule has 1 heterocycles. The maximum Gasteiger partial charge on any atom is 0.354 e. The third-order valence-corrected chi connectivity index (χ3v) is 3.92. The van der Waals surface area contributed by atoms with E-state index in [0.717, 1.165) is 13.2 Å². The number of carbonyl (C=O) groups is 3. The summed E-state index contributed by atoms with van der Waals surface area (Å²) in [5, 5.41) is -0.364. The second kappa shape index (κ2) is 5.68. The average molecular weight is 351 g/mol. The van der Waals surface area contributed by atoms with Gasteiger partial charge in [-0.2, -0.15) is 0 Å². The summed E-state index contributed by atoms with van der Waals surface area (Å²) >= 11 is 5.98. The van der Waals surface area contributed by atoms with Crippen molar-refractivity contribution < 1.29 is 33.3 Å². The highest BCUT2D eigenvalue weighted by atomic mass is 35.5. The van der Waals surface area contributed by atoms with Gasteiger partial charge in [0.15, 0.2) is 0 Å². The van der Waals surface area contributed by atoms with Crippen molar-refractivity contribution in [2.45, 2.75) is 5.79 Å². The average Bonchev–Trinajstić information content (AvgIpc) is 2.59. The first-order chi connectivity index (χ1) is 11.4. The van der Waals surface area contributed by atoms with Crippen molar-refractivity contribution in [3.8, 4) is 5.75 Å². The van der Waals surface area contributed by atoms with Crippen molar-refractivity contribution in [2.24, 2.45) is 0 Å². The molecule has 0 saturated heterocycles. The number of allylic oxidation sites excluding steroid dienone is 1. The quantitative estimate of drug-likeness (QED) is 0.750. The summed E-state index contributed by atoms with van der Waals surface area (Å²) in [5.41, 5.74) is -0.225. The standard InChI is InChI=1S/C16H11ClO7/c1-21-11-7-9(15(20)22-2)16(13(18)12(11)17)23-10-6-4-3-5-8(10)14(19)24-16/h3-7H,1-2H3. The number of halogens is 1. The van der Waals surface area contributed by atoms with Crippen molar-refractivity contribution in [2.75, 3.05) is 14.2 Å². The van der Waals surface area contributed by atoms with E-state index in [1.165, 1.54) is 19.2 Å². The number of carbonyl (C=O) groups excluding carboxylic acids is 3. The molecular formula is C16H11ClO7. The van der Waals surface area contributed by atoms with Crippen molar-refractivity contribution in [1.82, 2.24) is 0 Å². The Morgan fingerprint density at radius 2 is 1.88 bits per heavy atom. The van der Waals surface area contributed by atoms with Crippen molar-refractivity contribution in [3.05, 3.63) is 52.3 Å². The van der Waals surface area contributed by atoms with Gasteiger partial charge in [0.2, 0.25) is 0 Å². The van der Waals surface area contributed by atoms with Gasteiger partial charge >= 0.3 is 17.7 Å².